The Bertz CT molecular complexity index is 519. The lowest BCUT2D eigenvalue weighted by Gasteiger charge is -2.34. The molecule has 0 aromatic carbocycles. The highest BCUT2D eigenvalue weighted by Gasteiger charge is 2.39. The summed E-state index contributed by atoms with van der Waals surface area (Å²) in [5.41, 5.74) is 1.30. The van der Waals surface area contributed by atoms with Gasteiger partial charge in [0.25, 0.3) is 0 Å². The van der Waals surface area contributed by atoms with Crippen LogP contribution in [0.3, 0.4) is 0 Å². The summed E-state index contributed by atoms with van der Waals surface area (Å²) in [6, 6.07) is 0.617. The molecule has 1 aromatic rings. The molecule has 3 aliphatic rings. The number of aromatic amines is 1. The molecule has 1 aromatic heterocycles. The van der Waals surface area contributed by atoms with E-state index in [1.165, 1.54) is 49.4 Å². The monoisotopic (exact) mass is 318 g/mol. The first-order valence-electron chi connectivity index (χ1n) is 8.68. The molecule has 3 fully saturated rings. The van der Waals surface area contributed by atoms with Crippen molar-refractivity contribution in [2.45, 2.75) is 50.5 Å². The predicted octanol–water partition coefficient (Wildman–Crippen LogP) is 3.50. The van der Waals surface area contributed by atoms with Crippen LogP contribution in [0.5, 0.6) is 0 Å². The van der Waals surface area contributed by atoms with Crippen LogP contribution in [-0.4, -0.2) is 45.4 Å². The molecular weight excluding hydrogens is 292 g/mol. The number of nitrogens with zero attached hydrogens (tertiary/aromatic N) is 3. The van der Waals surface area contributed by atoms with Crippen molar-refractivity contribution in [2.75, 3.05) is 19.3 Å². The minimum absolute atomic E-state index is 0.617. The summed E-state index contributed by atoms with van der Waals surface area (Å²) in [5, 5.41) is 1.29. The van der Waals surface area contributed by atoms with E-state index in [1.54, 1.807) is 6.33 Å². The lowest BCUT2D eigenvalue weighted by molar-refractivity contribution is 0.311. The first kappa shape index (κ1) is 14.6. The first-order valence-corrected chi connectivity index (χ1v) is 9.91. The molecule has 0 spiro atoms. The van der Waals surface area contributed by atoms with Gasteiger partial charge in [-0.1, -0.05) is 18.2 Å². The van der Waals surface area contributed by atoms with Crippen molar-refractivity contribution in [2.24, 2.45) is 16.8 Å². The normalized spacial score (nSPS) is 32.9. The van der Waals surface area contributed by atoms with E-state index < -0.39 is 0 Å². The summed E-state index contributed by atoms with van der Waals surface area (Å²) in [4.78, 5) is 15.1. The summed E-state index contributed by atoms with van der Waals surface area (Å²) >= 11 is 1.85. The lowest BCUT2D eigenvalue weighted by Crippen LogP contribution is -2.37. The zero-order valence-electron chi connectivity index (χ0n) is 13.4. The van der Waals surface area contributed by atoms with Gasteiger partial charge in [0, 0.05) is 30.9 Å². The highest BCUT2D eigenvalue weighted by molar-refractivity contribution is 8.13. The van der Waals surface area contributed by atoms with Crippen LogP contribution in [0.25, 0.3) is 0 Å². The lowest BCUT2D eigenvalue weighted by atomic mass is 9.94. The molecule has 2 bridgehead atoms. The number of rotatable bonds is 2. The number of H-pyrrole nitrogens is 1. The van der Waals surface area contributed by atoms with Gasteiger partial charge in [0.2, 0.25) is 0 Å². The van der Waals surface area contributed by atoms with Crippen LogP contribution in [0.15, 0.2) is 17.5 Å². The average molecular weight is 318 g/mol. The van der Waals surface area contributed by atoms with Crippen molar-refractivity contribution in [3.8, 4) is 0 Å². The quantitative estimate of drug-likeness (QED) is 0.670. The Hall–Kier alpha value is -0.970. The van der Waals surface area contributed by atoms with Gasteiger partial charge in [0.1, 0.15) is 0 Å². The number of nitrogens with one attached hydrogen (secondary N) is 1. The molecule has 0 amide bonds. The molecule has 3 atom stereocenters. The Labute approximate surface area is 137 Å². The molecule has 2 aliphatic carbocycles. The van der Waals surface area contributed by atoms with E-state index >= 15 is 0 Å². The first-order chi connectivity index (χ1) is 10.8. The fourth-order valence-corrected chi connectivity index (χ4v) is 5.33. The molecule has 0 radical (unpaired) electrons. The van der Waals surface area contributed by atoms with Crippen LogP contribution >= 0.6 is 11.8 Å². The van der Waals surface area contributed by atoms with Crippen molar-refractivity contribution >= 4 is 16.9 Å². The number of hydrogen-bond acceptors (Lipinski definition) is 3. The fraction of sp³-hybridized carbons (Fsp3) is 0.765. The third kappa shape index (κ3) is 2.80. The summed E-state index contributed by atoms with van der Waals surface area (Å²) in [6.07, 6.45) is 14.1. The van der Waals surface area contributed by atoms with Crippen molar-refractivity contribution in [1.29, 1.82) is 0 Å². The molecule has 0 unspecified atom stereocenters. The summed E-state index contributed by atoms with van der Waals surface area (Å²) < 4.78 is 0. The number of thioether (sulfide) groups is 1. The number of amidine groups is 1. The molecule has 120 valence electrons. The second-order valence-corrected chi connectivity index (χ2v) is 7.90. The van der Waals surface area contributed by atoms with Crippen molar-refractivity contribution < 1.29 is 0 Å². The average Bonchev–Trinajstić information content (AvgIpc) is 3.30. The highest BCUT2D eigenvalue weighted by atomic mass is 32.2. The number of fused-ring (bicyclic) bond motifs is 2. The van der Waals surface area contributed by atoms with Gasteiger partial charge in [-0.05, 0) is 50.2 Å². The number of aliphatic imine (C=N–C) groups is 1. The Kier molecular flexibility index (Phi) is 4.16. The van der Waals surface area contributed by atoms with Gasteiger partial charge in [-0.3, -0.25) is 4.99 Å². The van der Waals surface area contributed by atoms with E-state index in [1.807, 2.05) is 18.0 Å². The highest BCUT2D eigenvalue weighted by Crippen LogP contribution is 2.46. The van der Waals surface area contributed by atoms with E-state index in [0.717, 1.165) is 24.9 Å². The maximum atomic E-state index is 5.17. The van der Waals surface area contributed by atoms with Crippen LogP contribution in [-0.2, 0) is 0 Å². The van der Waals surface area contributed by atoms with Crippen molar-refractivity contribution in [1.82, 2.24) is 14.9 Å². The third-order valence-corrected chi connectivity index (χ3v) is 6.61. The van der Waals surface area contributed by atoms with Crippen molar-refractivity contribution in [3.05, 3.63) is 18.2 Å². The predicted molar refractivity (Wildman–Crippen MR) is 92.3 cm³/mol. The van der Waals surface area contributed by atoms with E-state index in [4.69, 9.17) is 4.99 Å². The summed E-state index contributed by atoms with van der Waals surface area (Å²) in [6.45, 7) is 2.26. The molecule has 5 heteroatoms. The van der Waals surface area contributed by atoms with Crippen molar-refractivity contribution in [3.63, 3.8) is 0 Å². The van der Waals surface area contributed by atoms with E-state index in [0.29, 0.717) is 12.0 Å². The molecule has 1 N–H and O–H groups in total. The Morgan fingerprint density at radius 2 is 2.14 bits per heavy atom. The van der Waals surface area contributed by atoms with E-state index in [-0.39, 0.29) is 0 Å². The van der Waals surface area contributed by atoms with Crippen LogP contribution in [0.1, 0.15) is 50.1 Å². The number of piperidine rings is 1. The fourth-order valence-electron chi connectivity index (χ4n) is 4.65. The van der Waals surface area contributed by atoms with Gasteiger partial charge >= 0.3 is 0 Å². The molecule has 1 aliphatic heterocycles. The number of likely N-dealkylation sites (tertiary alicyclic amines) is 1. The molecule has 4 nitrogen and oxygen atoms in total. The second kappa shape index (κ2) is 6.26. The molecular formula is C17H26N4S. The molecule has 1 saturated heterocycles. The van der Waals surface area contributed by atoms with Gasteiger partial charge < -0.3 is 9.88 Å². The SMILES string of the molecule is CSC(=N[C@@H]1C[C@H]2CC[C@@H]1C2)N1CCC(c2cnc[nH]2)CC1. The van der Waals surface area contributed by atoms with Gasteiger partial charge in [-0.2, -0.15) is 0 Å². The zero-order valence-corrected chi connectivity index (χ0v) is 14.2. The maximum Gasteiger partial charge on any atom is 0.159 e. The van der Waals surface area contributed by atoms with E-state index in [2.05, 4.69) is 21.1 Å². The topological polar surface area (TPSA) is 44.3 Å². The standard InChI is InChI=1S/C17H26N4S/c1-22-17(20-15-9-12-2-3-14(15)8-12)21-6-4-13(5-7-21)16-10-18-11-19-16/h10-15H,2-9H2,1H3,(H,18,19)/t12-,14+,15+/m0/s1. The maximum absolute atomic E-state index is 5.17. The number of hydrogen-bond donors (Lipinski definition) is 1. The smallest absolute Gasteiger partial charge is 0.159 e. The zero-order chi connectivity index (χ0) is 14.9. The molecule has 2 heterocycles. The van der Waals surface area contributed by atoms with Gasteiger partial charge in [0.15, 0.2) is 5.17 Å². The number of imidazole rings is 1. The van der Waals surface area contributed by atoms with Crippen LogP contribution in [0, 0.1) is 11.8 Å². The van der Waals surface area contributed by atoms with Gasteiger partial charge in [-0.25, -0.2) is 4.98 Å². The summed E-state index contributed by atoms with van der Waals surface area (Å²) in [5.74, 6) is 2.51. The van der Waals surface area contributed by atoms with Gasteiger partial charge in [0.05, 0.1) is 12.4 Å². The van der Waals surface area contributed by atoms with Gasteiger partial charge in [-0.15, -0.1) is 0 Å². The van der Waals surface area contributed by atoms with Crippen LogP contribution in [0.4, 0.5) is 0 Å². The van der Waals surface area contributed by atoms with E-state index in [9.17, 15) is 0 Å². The second-order valence-electron chi connectivity index (χ2n) is 7.13. The Morgan fingerprint density at radius 1 is 1.27 bits per heavy atom. The Morgan fingerprint density at radius 3 is 2.73 bits per heavy atom. The third-order valence-electron chi connectivity index (χ3n) is 5.88. The van der Waals surface area contributed by atoms with Crippen LogP contribution < -0.4 is 0 Å². The molecule has 4 rings (SSSR count). The summed E-state index contributed by atoms with van der Waals surface area (Å²) in [7, 11) is 0. The minimum atomic E-state index is 0.617. The minimum Gasteiger partial charge on any atom is -0.351 e. The molecule has 22 heavy (non-hydrogen) atoms. The van der Waals surface area contributed by atoms with Crippen LogP contribution in [0.2, 0.25) is 0 Å². The molecule has 2 saturated carbocycles. The number of aromatic nitrogens is 2. The Balaban J connectivity index is 1.38. The largest absolute Gasteiger partial charge is 0.351 e.